The van der Waals surface area contributed by atoms with Crippen molar-refractivity contribution in [1.82, 2.24) is 0 Å². The molecule has 0 bridgehead atoms. The van der Waals surface area contributed by atoms with Crippen LogP contribution in [0.1, 0.15) is 115 Å². The maximum atomic E-state index is 2.79. The summed E-state index contributed by atoms with van der Waals surface area (Å²) in [5.41, 5.74) is 4.88. The van der Waals surface area contributed by atoms with Crippen molar-refractivity contribution in [3.05, 3.63) is 54.1 Å². The molecule has 3 saturated carbocycles. The summed E-state index contributed by atoms with van der Waals surface area (Å²) in [4.78, 5) is 0. The van der Waals surface area contributed by atoms with E-state index in [2.05, 4.69) is 60.0 Å². The summed E-state index contributed by atoms with van der Waals surface area (Å²) in [6, 6.07) is 14.1. The summed E-state index contributed by atoms with van der Waals surface area (Å²) in [5, 5.41) is 2.91. The van der Waals surface area contributed by atoms with Crippen molar-refractivity contribution in [2.75, 3.05) is 6.54 Å². The zero-order chi connectivity index (χ0) is 24.4. The first-order chi connectivity index (χ1) is 17.7. The summed E-state index contributed by atoms with van der Waals surface area (Å²) in [6.45, 7) is 3.80. The maximum Gasteiger partial charge on any atom is 0.210 e. The highest BCUT2D eigenvalue weighted by Crippen LogP contribution is 2.49. The van der Waals surface area contributed by atoms with Gasteiger partial charge in [-0.25, -0.2) is 0 Å². The molecular formula is C35H48N+. The fourth-order valence-electron chi connectivity index (χ4n) is 8.51. The van der Waals surface area contributed by atoms with Crippen molar-refractivity contribution in [3.8, 4) is 0 Å². The fraction of sp³-hybridized carbons (Fsp3) is 0.629. The molecule has 0 N–H and O–H groups in total. The second-order valence-electron chi connectivity index (χ2n) is 13.0. The highest BCUT2D eigenvalue weighted by atomic mass is 15.1. The molecule has 2 aromatic rings. The van der Waals surface area contributed by atoms with Gasteiger partial charge in [0, 0.05) is 24.1 Å². The minimum Gasteiger partial charge on any atom is -0.195 e. The lowest BCUT2D eigenvalue weighted by Gasteiger charge is -2.27. The first-order valence-corrected chi connectivity index (χ1v) is 15.6. The molecule has 1 heterocycles. The minimum absolute atomic E-state index is 0.117. The molecule has 2 aromatic carbocycles. The summed E-state index contributed by atoms with van der Waals surface area (Å²) >= 11 is 0. The van der Waals surface area contributed by atoms with Gasteiger partial charge in [0.2, 0.25) is 5.69 Å². The van der Waals surface area contributed by atoms with Gasteiger partial charge in [-0.05, 0) is 67.2 Å². The van der Waals surface area contributed by atoms with Crippen LogP contribution in [0, 0.1) is 17.8 Å². The number of allylic oxidation sites excluding steroid dienone is 2. The van der Waals surface area contributed by atoms with E-state index in [1.165, 1.54) is 126 Å². The predicted octanol–water partition coefficient (Wildman–Crippen LogP) is 9.88. The van der Waals surface area contributed by atoms with Gasteiger partial charge < -0.3 is 0 Å². The molecule has 1 nitrogen and oxygen atoms in total. The SMILES string of the molecule is CC1(CC2CCCC2)C(C=CC2CCCC2)=[N+](CCCCC2CCCC2)c2ccc3ccccc3c21. The molecule has 1 aliphatic heterocycles. The lowest BCUT2D eigenvalue weighted by molar-refractivity contribution is -0.438. The number of benzene rings is 2. The normalized spacial score (nSPS) is 25.8. The molecule has 0 aromatic heterocycles. The van der Waals surface area contributed by atoms with Crippen molar-refractivity contribution in [2.24, 2.45) is 17.8 Å². The van der Waals surface area contributed by atoms with Crippen molar-refractivity contribution in [1.29, 1.82) is 0 Å². The van der Waals surface area contributed by atoms with E-state index >= 15 is 0 Å². The number of hydrogen-bond acceptors (Lipinski definition) is 0. The van der Waals surface area contributed by atoms with Crippen LogP contribution in [0.2, 0.25) is 0 Å². The Bertz CT molecular complexity index is 1100. The molecule has 1 unspecified atom stereocenters. The number of nitrogens with zero attached hydrogens (tertiary/aromatic N) is 1. The van der Waals surface area contributed by atoms with Gasteiger partial charge in [-0.15, -0.1) is 0 Å². The predicted molar refractivity (Wildman–Crippen MR) is 155 cm³/mol. The molecule has 0 amide bonds. The largest absolute Gasteiger partial charge is 0.210 e. The zero-order valence-electron chi connectivity index (χ0n) is 22.8. The van der Waals surface area contributed by atoms with Crippen molar-refractivity contribution >= 4 is 22.2 Å². The van der Waals surface area contributed by atoms with E-state index < -0.39 is 0 Å². The fourth-order valence-corrected chi connectivity index (χ4v) is 8.51. The maximum absolute atomic E-state index is 2.79. The number of rotatable bonds is 9. The summed E-state index contributed by atoms with van der Waals surface area (Å²) < 4.78 is 2.79. The Hall–Kier alpha value is -1.89. The molecule has 3 aliphatic carbocycles. The van der Waals surface area contributed by atoms with Crippen LogP contribution in [0.3, 0.4) is 0 Å². The van der Waals surface area contributed by atoms with Gasteiger partial charge in [-0.2, -0.15) is 4.58 Å². The molecule has 36 heavy (non-hydrogen) atoms. The lowest BCUT2D eigenvalue weighted by atomic mass is 9.71. The molecule has 6 rings (SSSR count). The molecule has 3 fully saturated rings. The van der Waals surface area contributed by atoms with Crippen LogP contribution >= 0.6 is 0 Å². The Labute approximate surface area is 220 Å². The third-order valence-corrected chi connectivity index (χ3v) is 10.4. The first-order valence-electron chi connectivity index (χ1n) is 15.6. The second kappa shape index (κ2) is 10.8. The summed E-state index contributed by atoms with van der Waals surface area (Å²) in [6.07, 6.45) is 28.0. The van der Waals surface area contributed by atoms with Crippen LogP contribution < -0.4 is 0 Å². The van der Waals surface area contributed by atoms with Crippen LogP contribution in [0.5, 0.6) is 0 Å². The molecule has 0 saturated heterocycles. The molecule has 4 aliphatic rings. The Morgan fingerprint density at radius 3 is 2.28 bits per heavy atom. The number of unbranched alkanes of at least 4 members (excludes halogenated alkanes) is 1. The van der Waals surface area contributed by atoms with Crippen molar-refractivity contribution in [3.63, 3.8) is 0 Å². The van der Waals surface area contributed by atoms with E-state index in [0.717, 1.165) is 17.8 Å². The molecule has 0 spiro atoms. The molecule has 1 atom stereocenters. The highest BCUT2D eigenvalue weighted by Gasteiger charge is 2.49. The topological polar surface area (TPSA) is 3.01 Å². The lowest BCUT2D eigenvalue weighted by Crippen LogP contribution is -2.33. The average molecular weight is 483 g/mol. The van der Waals surface area contributed by atoms with Crippen LogP contribution in [0.15, 0.2) is 48.6 Å². The number of fused-ring (bicyclic) bond motifs is 3. The molecule has 0 radical (unpaired) electrons. The minimum atomic E-state index is 0.117. The van der Waals surface area contributed by atoms with Crippen LogP contribution in [-0.4, -0.2) is 16.8 Å². The highest BCUT2D eigenvalue weighted by molar-refractivity contribution is 6.07. The van der Waals surface area contributed by atoms with E-state index in [1.54, 1.807) is 11.3 Å². The van der Waals surface area contributed by atoms with E-state index in [-0.39, 0.29) is 5.41 Å². The van der Waals surface area contributed by atoms with Crippen LogP contribution in [0.25, 0.3) is 10.8 Å². The molecule has 1 heteroatoms. The van der Waals surface area contributed by atoms with E-state index in [1.807, 2.05) is 0 Å². The van der Waals surface area contributed by atoms with Crippen molar-refractivity contribution in [2.45, 2.75) is 115 Å². The third kappa shape index (κ3) is 4.84. The standard InChI is InChI=1S/C35H48N/c1-35(26-29-17-6-7-18-29)33(24-21-28-14-4-5-15-28)36(25-11-10-16-27-12-2-3-13-27)32-23-22-30-19-8-9-20-31(30)34(32)35/h8-9,19-24,27-29H,2-7,10-18,25-26H2,1H3/q+1. The van der Waals surface area contributed by atoms with Gasteiger partial charge in [-0.1, -0.05) is 101 Å². The monoisotopic (exact) mass is 482 g/mol. The summed E-state index contributed by atoms with van der Waals surface area (Å²) in [5.74, 6) is 2.68. The molecular weight excluding hydrogens is 434 g/mol. The van der Waals surface area contributed by atoms with Gasteiger partial charge in [0.05, 0.1) is 5.41 Å². The van der Waals surface area contributed by atoms with Crippen LogP contribution in [-0.2, 0) is 5.41 Å². The Balaban J connectivity index is 1.38. The van der Waals surface area contributed by atoms with E-state index in [4.69, 9.17) is 0 Å². The van der Waals surface area contributed by atoms with E-state index in [0.29, 0.717) is 0 Å². The Kier molecular flexibility index (Phi) is 7.36. The Morgan fingerprint density at radius 1 is 0.806 bits per heavy atom. The van der Waals surface area contributed by atoms with Gasteiger partial charge >= 0.3 is 0 Å². The zero-order valence-corrected chi connectivity index (χ0v) is 22.8. The third-order valence-electron chi connectivity index (χ3n) is 10.4. The number of hydrogen-bond donors (Lipinski definition) is 0. The average Bonchev–Trinajstić information content (AvgIpc) is 3.70. The van der Waals surface area contributed by atoms with Gasteiger partial charge in [-0.3, -0.25) is 0 Å². The first kappa shape index (κ1) is 24.4. The smallest absolute Gasteiger partial charge is 0.195 e. The van der Waals surface area contributed by atoms with Crippen molar-refractivity contribution < 1.29 is 4.58 Å². The van der Waals surface area contributed by atoms with Crippen LogP contribution in [0.4, 0.5) is 5.69 Å². The molecule has 192 valence electrons. The Morgan fingerprint density at radius 2 is 1.50 bits per heavy atom. The van der Waals surface area contributed by atoms with Gasteiger partial charge in [0.15, 0.2) is 5.71 Å². The van der Waals surface area contributed by atoms with E-state index in [9.17, 15) is 0 Å². The van der Waals surface area contributed by atoms with Gasteiger partial charge in [0.25, 0.3) is 0 Å². The van der Waals surface area contributed by atoms with Gasteiger partial charge in [0.1, 0.15) is 6.54 Å². The second-order valence-corrected chi connectivity index (χ2v) is 13.0. The summed E-state index contributed by atoms with van der Waals surface area (Å²) in [7, 11) is 0. The quantitative estimate of drug-likeness (QED) is 0.247.